The molecule has 178 valence electrons. The van der Waals surface area contributed by atoms with Gasteiger partial charge in [0.25, 0.3) is 0 Å². The number of ether oxygens (including phenoxy) is 1. The van der Waals surface area contributed by atoms with E-state index in [4.69, 9.17) is 4.74 Å². The van der Waals surface area contributed by atoms with Crippen molar-refractivity contribution in [1.29, 1.82) is 5.26 Å². The average Bonchev–Trinajstić information content (AvgIpc) is 2.87. The van der Waals surface area contributed by atoms with Crippen molar-refractivity contribution in [3.63, 3.8) is 0 Å². The number of aryl methyl sites for hydroxylation is 1. The monoisotopic (exact) mass is 447 g/mol. The molecule has 1 saturated carbocycles. The molecule has 0 aliphatic heterocycles. The summed E-state index contributed by atoms with van der Waals surface area (Å²) in [5, 5.41) is 9.85. The summed E-state index contributed by atoms with van der Waals surface area (Å²) in [5.74, 6) is 2.20. The fourth-order valence-electron chi connectivity index (χ4n) is 4.89. The van der Waals surface area contributed by atoms with Crippen molar-refractivity contribution in [3.8, 4) is 23.2 Å². The van der Waals surface area contributed by atoms with Gasteiger partial charge in [-0.15, -0.1) is 0 Å². The zero-order valence-electron chi connectivity index (χ0n) is 20.7. The predicted molar refractivity (Wildman–Crippen MR) is 135 cm³/mol. The van der Waals surface area contributed by atoms with Gasteiger partial charge in [-0.3, -0.25) is 0 Å². The lowest BCUT2D eigenvalue weighted by molar-refractivity contribution is 0.144. The van der Waals surface area contributed by atoms with Gasteiger partial charge in [-0.1, -0.05) is 58.8 Å². The molecular weight excluding hydrogens is 406 g/mol. The van der Waals surface area contributed by atoms with E-state index in [0.717, 1.165) is 68.7 Å². The molecule has 1 aliphatic carbocycles. The fraction of sp³-hybridized carbons (Fsp3) is 0.621. The molecule has 1 fully saturated rings. The molecule has 2 aromatic rings. The molecule has 4 heteroatoms. The van der Waals surface area contributed by atoms with Crippen LogP contribution in [0, 0.1) is 22.7 Å². The molecule has 4 nitrogen and oxygen atoms in total. The normalized spacial score (nSPS) is 20.3. The van der Waals surface area contributed by atoms with Gasteiger partial charge in [-0.05, 0) is 74.3 Å². The first-order valence-electron chi connectivity index (χ1n) is 13.1. The summed E-state index contributed by atoms with van der Waals surface area (Å²) in [6, 6.07) is 10.8. The van der Waals surface area contributed by atoms with E-state index in [9.17, 15) is 5.26 Å². The SMILES string of the molecule is CCCCCCCC[C@]1(C#N)CC[C@H](COc2ccc(-c3ncc(CCC)cn3)cc2)CC1. The summed E-state index contributed by atoms with van der Waals surface area (Å²) in [4.78, 5) is 9.00. The molecule has 33 heavy (non-hydrogen) atoms. The zero-order valence-corrected chi connectivity index (χ0v) is 20.7. The van der Waals surface area contributed by atoms with Crippen molar-refractivity contribution >= 4 is 0 Å². The lowest BCUT2D eigenvalue weighted by Gasteiger charge is -2.35. The van der Waals surface area contributed by atoms with Gasteiger partial charge in [-0.25, -0.2) is 9.97 Å². The number of unbranched alkanes of at least 4 members (excludes halogenated alkanes) is 5. The van der Waals surface area contributed by atoms with Gasteiger partial charge in [-0.2, -0.15) is 5.26 Å². The van der Waals surface area contributed by atoms with Crippen molar-refractivity contribution in [2.45, 2.75) is 97.3 Å². The van der Waals surface area contributed by atoms with Gasteiger partial charge in [0.05, 0.1) is 18.1 Å². The topological polar surface area (TPSA) is 58.8 Å². The van der Waals surface area contributed by atoms with E-state index in [1.807, 2.05) is 36.7 Å². The lowest BCUT2D eigenvalue weighted by Crippen LogP contribution is -2.28. The maximum Gasteiger partial charge on any atom is 0.159 e. The highest BCUT2D eigenvalue weighted by Gasteiger charge is 2.35. The summed E-state index contributed by atoms with van der Waals surface area (Å²) in [7, 11) is 0. The molecule has 0 radical (unpaired) electrons. The molecule has 1 aromatic carbocycles. The summed E-state index contributed by atoms with van der Waals surface area (Å²) >= 11 is 0. The highest BCUT2D eigenvalue weighted by atomic mass is 16.5. The number of hydrogen-bond donors (Lipinski definition) is 0. The van der Waals surface area contributed by atoms with E-state index in [0.29, 0.717) is 5.92 Å². The van der Waals surface area contributed by atoms with E-state index in [1.165, 1.54) is 44.1 Å². The predicted octanol–water partition coefficient (Wildman–Crippen LogP) is 7.93. The first-order chi connectivity index (χ1) is 16.2. The summed E-state index contributed by atoms with van der Waals surface area (Å²) in [6.45, 7) is 5.15. The second-order valence-electron chi connectivity index (χ2n) is 9.85. The van der Waals surface area contributed by atoms with Crippen LogP contribution in [0.5, 0.6) is 5.75 Å². The Bertz CT molecular complexity index is 846. The highest BCUT2D eigenvalue weighted by Crippen LogP contribution is 2.42. The fourth-order valence-corrected chi connectivity index (χ4v) is 4.89. The van der Waals surface area contributed by atoms with E-state index < -0.39 is 0 Å². The van der Waals surface area contributed by atoms with Crippen molar-refractivity contribution in [2.75, 3.05) is 6.61 Å². The number of aromatic nitrogens is 2. The number of benzene rings is 1. The van der Waals surface area contributed by atoms with Crippen LogP contribution in [0.1, 0.15) is 96.5 Å². The molecule has 0 spiro atoms. The minimum Gasteiger partial charge on any atom is -0.493 e. The molecule has 0 N–H and O–H groups in total. The molecule has 0 amide bonds. The molecule has 0 saturated heterocycles. The second-order valence-corrected chi connectivity index (χ2v) is 9.85. The van der Waals surface area contributed by atoms with Crippen molar-refractivity contribution in [1.82, 2.24) is 9.97 Å². The van der Waals surface area contributed by atoms with Crippen molar-refractivity contribution in [3.05, 3.63) is 42.2 Å². The van der Waals surface area contributed by atoms with E-state index >= 15 is 0 Å². The molecule has 0 bridgehead atoms. The summed E-state index contributed by atoms with van der Waals surface area (Å²) < 4.78 is 6.10. The van der Waals surface area contributed by atoms with Crippen molar-refractivity contribution in [2.24, 2.45) is 11.3 Å². The van der Waals surface area contributed by atoms with Gasteiger partial charge >= 0.3 is 0 Å². The Hall–Kier alpha value is -2.41. The Morgan fingerprint density at radius 3 is 2.24 bits per heavy atom. The summed E-state index contributed by atoms with van der Waals surface area (Å²) in [6.07, 6.45) is 19.1. The number of nitrogens with zero attached hydrogens (tertiary/aromatic N) is 3. The Balaban J connectivity index is 1.40. The molecular formula is C29H41N3O. The Labute approximate surface area is 200 Å². The first-order valence-corrected chi connectivity index (χ1v) is 13.1. The van der Waals surface area contributed by atoms with Crippen LogP contribution in [0.3, 0.4) is 0 Å². The van der Waals surface area contributed by atoms with Gasteiger partial charge < -0.3 is 4.74 Å². The Morgan fingerprint density at radius 1 is 0.939 bits per heavy atom. The number of rotatable bonds is 13. The van der Waals surface area contributed by atoms with Crippen LogP contribution in [0.2, 0.25) is 0 Å². The zero-order chi connectivity index (χ0) is 23.4. The first kappa shape index (κ1) is 25.2. The van der Waals surface area contributed by atoms with Crippen LogP contribution in [-0.2, 0) is 6.42 Å². The molecule has 0 unspecified atom stereocenters. The maximum absolute atomic E-state index is 9.85. The molecule has 1 heterocycles. The van der Waals surface area contributed by atoms with Gasteiger partial charge in [0.2, 0.25) is 0 Å². The van der Waals surface area contributed by atoms with Crippen LogP contribution in [-0.4, -0.2) is 16.6 Å². The third-order valence-electron chi connectivity index (χ3n) is 7.15. The average molecular weight is 448 g/mol. The minimum absolute atomic E-state index is 0.0877. The molecule has 3 rings (SSSR count). The van der Waals surface area contributed by atoms with E-state index in [1.54, 1.807) is 0 Å². The third kappa shape index (κ3) is 7.84. The van der Waals surface area contributed by atoms with Crippen LogP contribution in [0.25, 0.3) is 11.4 Å². The maximum atomic E-state index is 9.85. The van der Waals surface area contributed by atoms with Crippen LogP contribution < -0.4 is 4.74 Å². The third-order valence-corrected chi connectivity index (χ3v) is 7.15. The summed E-state index contributed by atoms with van der Waals surface area (Å²) in [5.41, 5.74) is 2.10. The van der Waals surface area contributed by atoms with E-state index in [2.05, 4.69) is 29.9 Å². The highest BCUT2D eigenvalue weighted by molar-refractivity contribution is 5.55. The number of hydrogen-bond acceptors (Lipinski definition) is 4. The van der Waals surface area contributed by atoms with Crippen molar-refractivity contribution < 1.29 is 4.74 Å². The van der Waals surface area contributed by atoms with Crippen LogP contribution in [0.15, 0.2) is 36.7 Å². The smallest absolute Gasteiger partial charge is 0.159 e. The molecule has 1 aliphatic rings. The Morgan fingerprint density at radius 2 is 1.61 bits per heavy atom. The number of nitriles is 1. The quantitative estimate of drug-likeness (QED) is 0.293. The molecule has 1 aromatic heterocycles. The largest absolute Gasteiger partial charge is 0.493 e. The second kappa shape index (κ2) is 13.3. The van der Waals surface area contributed by atoms with Crippen LogP contribution >= 0.6 is 0 Å². The minimum atomic E-state index is -0.0877. The lowest BCUT2D eigenvalue weighted by atomic mass is 9.69. The van der Waals surface area contributed by atoms with Gasteiger partial charge in [0, 0.05) is 18.0 Å². The Kier molecular flexibility index (Phi) is 10.2. The van der Waals surface area contributed by atoms with Crippen LogP contribution in [0.4, 0.5) is 0 Å². The van der Waals surface area contributed by atoms with E-state index in [-0.39, 0.29) is 5.41 Å². The standard InChI is InChI=1S/C29H41N3O/c1-3-5-6-7-8-9-17-29(23-30)18-15-24(16-19-29)22-33-27-13-11-26(12-14-27)28-31-20-25(10-4-2)21-32-28/h11-14,20-21,24H,3-10,15-19,22H2,1-2H3/t24-,29-. The van der Waals surface area contributed by atoms with Gasteiger partial charge in [0.1, 0.15) is 5.75 Å². The molecule has 0 atom stereocenters. The van der Waals surface area contributed by atoms with Gasteiger partial charge in [0.15, 0.2) is 5.82 Å².